The van der Waals surface area contributed by atoms with E-state index in [1.807, 2.05) is 30.3 Å². The fraction of sp³-hybridized carbons (Fsp3) is 0.176. The van der Waals surface area contributed by atoms with Gasteiger partial charge >= 0.3 is 0 Å². The highest BCUT2D eigenvalue weighted by atomic mass is 16.3. The zero-order valence-electron chi connectivity index (χ0n) is 37.1. The van der Waals surface area contributed by atoms with E-state index in [0.717, 1.165) is 56.5 Å². The molecule has 2 heterocycles. The molecule has 0 aliphatic carbocycles. The molecule has 1 N–H and O–H groups in total. The minimum absolute atomic E-state index is 0.0500. The third-order valence-electron chi connectivity index (χ3n) is 10.8. The summed E-state index contributed by atoms with van der Waals surface area (Å²) in [5.41, 5.74) is 11.1. The Labute approximate surface area is 331 Å². The molecule has 0 aliphatic rings. The molecule has 4 heteroatoms. The molecule has 55 heavy (non-hydrogen) atoms. The molecule has 0 atom stereocenters. The summed E-state index contributed by atoms with van der Waals surface area (Å²) in [6.45, 7) is 13.2. The van der Waals surface area contributed by atoms with Crippen LogP contribution in [0.4, 0.5) is 0 Å². The number of aromatic nitrogens is 3. The lowest BCUT2D eigenvalue weighted by molar-refractivity contribution is 0.477. The van der Waals surface area contributed by atoms with Crippen LogP contribution >= 0.6 is 0 Å². The fourth-order valence-corrected chi connectivity index (χ4v) is 7.13. The van der Waals surface area contributed by atoms with Crippen LogP contribution < -0.4 is 0 Å². The molecular formula is C51H47N3O. The Morgan fingerprint density at radius 3 is 2.09 bits per heavy atom. The van der Waals surface area contributed by atoms with Crippen LogP contribution in [0, 0.1) is 0 Å². The van der Waals surface area contributed by atoms with E-state index in [4.69, 9.17) is 16.8 Å². The van der Waals surface area contributed by atoms with Crippen molar-refractivity contribution in [1.29, 1.82) is 0 Å². The minimum atomic E-state index is -0.429. The van der Waals surface area contributed by atoms with Gasteiger partial charge in [0, 0.05) is 22.9 Å². The van der Waals surface area contributed by atoms with E-state index in [9.17, 15) is 5.11 Å². The summed E-state index contributed by atoms with van der Waals surface area (Å²) in [7, 11) is 0. The summed E-state index contributed by atoms with van der Waals surface area (Å²) in [6, 6.07) is 38.7. The Morgan fingerprint density at radius 2 is 1.35 bits per heavy atom. The van der Waals surface area contributed by atoms with Crippen LogP contribution in [0.1, 0.15) is 65.9 Å². The average Bonchev–Trinajstić information content (AvgIpc) is 3.64. The van der Waals surface area contributed by atoms with Crippen molar-refractivity contribution < 1.29 is 12.0 Å². The van der Waals surface area contributed by atoms with Gasteiger partial charge in [-0.2, -0.15) is 0 Å². The maximum Gasteiger partial charge on any atom is 0.149 e. The summed E-state index contributed by atoms with van der Waals surface area (Å²) in [6.07, 6.45) is 2.59. The first kappa shape index (κ1) is 30.1. The van der Waals surface area contributed by atoms with E-state index < -0.39 is 6.04 Å². The van der Waals surface area contributed by atoms with Gasteiger partial charge in [0.05, 0.1) is 34.8 Å². The molecule has 0 spiro atoms. The molecule has 6 aromatic carbocycles. The highest BCUT2D eigenvalue weighted by Crippen LogP contribution is 2.42. The lowest BCUT2D eigenvalue weighted by atomic mass is 9.81. The van der Waals surface area contributed by atoms with Crippen LogP contribution in [0.25, 0.3) is 72.7 Å². The van der Waals surface area contributed by atoms with E-state index in [2.05, 4.69) is 119 Å². The summed E-state index contributed by atoms with van der Waals surface area (Å²) in [5.74, 6) is 0.734. The van der Waals surface area contributed by atoms with Crippen LogP contribution in [0.3, 0.4) is 0 Å². The number of phenols is 1. The highest BCUT2D eigenvalue weighted by Gasteiger charge is 2.25. The lowest BCUT2D eigenvalue weighted by Gasteiger charge is -2.25. The van der Waals surface area contributed by atoms with E-state index >= 15 is 0 Å². The molecule has 0 radical (unpaired) electrons. The Balaban J connectivity index is 1.39. The molecule has 0 saturated carbocycles. The van der Waals surface area contributed by atoms with Crippen LogP contribution in [0.5, 0.6) is 5.75 Å². The van der Waals surface area contributed by atoms with Crippen LogP contribution in [0.2, 0.25) is 0 Å². The molecule has 0 amide bonds. The molecule has 0 saturated heterocycles. The second-order valence-electron chi connectivity index (χ2n) is 15.8. The predicted molar refractivity (Wildman–Crippen MR) is 230 cm³/mol. The van der Waals surface area contributed by atoms with Crippen molar-refractivity contribution in [2.75, 3.05) is 0 Å². The Kier molecular flexibility index (Phi) is 7.77. The van der Waals surface area contributed by atoms with Crippen molar-refractivity contribution in [1.82, 2.24) is 14.5 Å². The number of imidazole rings is 1. The van der Waals surface area contributed by atoms with Gasteiger partial charge in [0.1, 0.15) is 11.6 Å². The molecule has 0 unspecified atom stereocenters. The lowest BCUT2D eigenvalue weighted by Crippen LogP contribution is -2.16. The molecule has 0 fully saturated rings. The van der Waals surface area contributed by atoms with Crippen molar-refractivity contribution in [2.45, 2.75) is 58.8 Å². The topological polar surface area (TPSA) is 50.9 Å². The highest BCUT2D eigenvalue weighted by molar-refractivity contribution is 5.97. The number of pyridine rings is 1. The van der Waals surface area contributed by atoms with Gasteiger partial charge in [-0.3, -0.25) is 9.55 Å². The van der Waals surface area contributed by atoms with Crippen molar-refractivity contribution in [3.63, 3.8) is 0 Å². The van der Waals surface area contributed by atoms with E-state index in [-0.39, 0.29) is 46.3 Å². The minimum Gasteiger partial charge on any atom is -0.507 e. The van der Waals surface area contributed by atoms with Gasteiger partial charge in [0.25, 0.3) is 0 Å². The van der Waals surface area contributed by atoms with Gasteiger partial charge in [-0.1, -0.05) is 138 Å². The summed E-state index contributed by atoms with van der Waals surface area (Å²) in [5, 5.41) is 11.4. The third-order valence-corrected chi connectivity index (χ3v) is 10.8. The molecule has 0 aliphatic heterocycles. The molecule has 0 bridgehead atoms. The summed E-state index contributed by atoms with van der Waals surface area (Å²) in [4.78, 5) is 10.2. The number of rotatable bonds is 8. The number of nitrogens with zero attached hydrogens (tertiary/aromatic N) is 3. The number of para-hydroxylation sites is 2. The largest absolute Gasteiger partial charge is 0.507 e. The molecule has 8 rings (SSSR count). The fourth-order valence-electron chi connectivity index (χ4n) is 7.13. The summed E-state index contributed by atoms with van der Waals surface area (Å²) >= 11 is 0. The van der Waals surface area contributed by atoms with Crippen molar-refractivity contribution >= 4 is 11.0 Å². The van der Waals surface area contributed by atoms with Gasteiger partial charge in [0.15, 0.2) is 0 Å². The maximum atomic E-state index is 11.4. The second-order valence-corrected chi connectivity index (χ2v) is 15.8. The van der Waals surface area contributed by atoms with Crippen LogP contribution in [-0.4, -0.2) is 19.6 Å². The molecule has 272 valence electrons. The number of benzene rings is 6. The van der Waals surface area contributed by atoms with Gasteiger partial charge in [-0.15, -0.1) is 0 Å². The van der Waals surface area contributed by atoms with Gasteiger partial charge in [-0.25, -0.2) is 4.98 Å². The van der Waals surface area contributed by atoms with Crippen LogP contribution in [-0.2, 0) is 10.8 Å². The second kappa shape index (κ2) is 14.2. The molecule has 2 aromatic heterocycles. The van der Waals surface area contributed by atoms with Crippen molar-refractivity contribution in [3.05, 3.63) is 169 Å². The van der Waals surface area contributed by atoms with Crippen LogP contribution in [0.15, 0.2) is 158 Å². The van der Waals surface area contributed by atoms with Gasteiger partial charge in [-0.05, 0) is 105 Å². The number of hydrogen-bond acceptors (Lipinski definition) is 3. The standard InChI is InChI=1S/C51H47N3O/c1-7-51(5,6)39-25-26-45(43(33-39)35-19-12-9-13-20-35)54-46-23-16-22-41(48(46)53-49(54)42-21-14-15-24-47(42)55)37-29-38(31-40(30-37)50(2,3)4)44-32-36(27-28-52-44)34-17-10-8-11-18-34/h8-33,55H,7H2,1-6H3/i8D,10D,11D,17D,18D. The third kappa shape index (κ3) is 6.85. The zero-order chi connectivity index (χ0) is 42.7. The zero-order valence-corrected chi connectivity index (χ0v) is 32.1. The molecule has 4 nitrogen and oxygen atoms in total. The van der Waals surface area contributed by atoms with Gasteiger partial charge in [0.2, 0.25) is 0 Å². The first-order chi connectivity index (χ1) is 28.6. The maximum absolute atomic E-state index is 11.4. The number of hydrogen-bond donors (Lipinski definition) is 1. The molecule has 8 aromatic rings. The SMILES string of the molecule is [2H]c1c([2H])c([2H])c(-c2ccnc(-c3cc(-c4cccc5c4nc(-c4ccccc4O)n5-c4ccc(C(C)(C)CC)cc4-c4ccccc4)cc(C(C)(C)C)c3)c2)c([2H])c1[2H]. The van der Waals surface area contributed by atoms with Gasteiger partial charge < -0.3 is 5.11 Å². The first-order valence-corrected chi connectivity index (χ1v) is 18.8. The smallest absolute Gasteiger partial charge is 0.149 e. The summed E-state index contributed by atoms with van der Waals surface area (Å²) < 4.78 is 44.1. The Morgan fingerprint density at radius 1 is 0.618 bits per heavy atom. The number of phenolic OH excluding ortho intramolecular Hbond substituents is 1. The predicted octanol–water partition coefficient (Wildman–Crippen LogP) is 13.4. The number of fused-ring (bicyclic) bond motifs is 1. The first-order valence-electron chi connectivity index (χ1n) is 21.3. The van der Waals surface area contributed by atoms with E-state index in [1.165, 1.54) is 5.56 Å². The normalized spacial score (nSPS) is 13.2. The van der Waals surface area contributed by atoms with Crippen molar-refractivity contribution in [3.8, 4) is 67.5 Å². The Hall–Kier alpha value is -6.26. The monoisotopic (exact) mass is 722 g/mol. The van der Waals surface area contributed by atoms with E-state index in [1.54, 1.807) is 24.4 Å². The quantitative estimate of drug-likeness (QED) is 0.170. The van der Waals surface area contributed by atoms with E-state index in [0.29, 0.717) is 22.6 Å². The van der Waals surface area contributed by atoms with Crippen molar-refractivity contribution in [2.24, 2.45) is 0 Å². The average molecular weight is 723 g/mol. The molecular weight excluding hydrogens is 671 g/mol. The Bertz CT molecular complexity index is 2920. The number of aromatic hydroxyl groups is 1.